The van der Waals surface area contributed by atoms with Gasteiger partial charge in [-0.3, -0.25) is 4.79 Å². The predicted molar refractivity (Wildman–Crippen MR) is 69.6 cm³/mol. The summed E-state index contributed by atoms with van der Waals surface area (Å²) in [6.07, 6.45) is 6.91. The number of rotatable bonds is 5. The number of carbonyl (C=O) groups is 2. The largest absolute Gasteiger partial charge is 0.480 e. The minimum absolute atomic E-state index is 0.0781. The van der Waals surface area contributed by atoms with Crippen molar-refractivity contribution in [2.24, 2.45) is 11.8 Å². The highest BCUT2D eigenvalue weighted by Gasteiger charge is 2.38. The van der Waals surface area contributed by atoms with E-state index in [1.807, 2.05) is 0 Å². The lowest BCUT2D eigenvalue weighted by atomic mass is 9.89. The molecule has 3 fully saturated rings. The summed E-state index contributed by atoms with van der Waals surface area (Å²) in [7, 11) is 0. The molecule has 0 spiro atoms. The van der Waals surface area contributed by atoms with Crippen molar-refractivity contribution in [3.05, 3.63) is 0 Å². The van der Waals surface area contributed by atoms with Crippen LogP contribution >= 0.6 is 0 Å². The van der Waals surface area contributed by atoms with Gasteiger partial charge in [0.1, 0.15) is 6.04 Å². The smallest absolute Gasteiger partial charge is 0.326 e. The number of hydrogen-bond donors (Lipinski definition) is 3. The van der Waals surface area contributed by atoms with Gasteiger partial charge in [0, 0.05) is 18.5 Å². The molecule has 0 aromatic rings. The van der Waals surface area contributed by atoms with Crippen LogP contribution in [-0.2, 0) is 9.59 Å². The second-order valence-electron chi connectivity index (χ2n) is 6.40. The average molecular weight is 266 g/mol. The van der Waals surface area contributed by atoms with Crippen molar-refractivity contribution in [3.8, 4) is 0 Å². The first kappa shape index (κ1) is 12.9. The summed E-state index contributed by atoms with van der Waals surface area (Å²) in [6.45, 7) is 0. The van der Waals surface area contributed by atoms with Crippen LogP contribution in [0, 0.1) is 11.8 Å². The molecule has 3 N–H and O–H groups in total. The van der Waals surface area contributed by atoms with Crippen LogP contribution in [0.25, 0.3) is 0 Å². The fourth-order valence-electron chi connectivity index (χ4n) is 3.65. The van der Waals surface area contributed by atoms with E-state index < -0.39 is 12.0 Å². The molecule has 2 bridgehead atoms. The van der Waals surface area contributed by atoms with E-state index in [-0.39, 0.29) is 11.8 Å². The summed E-state index contributed by atoms with van der Waals surface area (Å²) < 4.78 is 0. The first-order valence-electron chi connectivity index (χ1n) is 7.40. The van der Waals surface area contributed by atoms with Gasteiger partial charge in [-0.25, -0.2) is 4.79 Å². The van der Waals surface area contributed by atoms with Crippen molar-refractivity contribution < 1.29 is 14.7 Å². The number of amides is 1. The number of piperidine rings is 1. The first-order valence-corrected chi connectivity index (χ1v) is 7.40. The van der Waals surface area contributed by atoms with Gasteiger partial charge in [0.25, 0.3) is 0 Å². The van der Waals surface area contributed by atoms with Crippen molar-refractivity contribution in [1.82, 2.24) is 10.6 Å². The SMILES string of the molecule is O=C(CC1CC2CCC(C1)N2)NC(C(=O)O)C1CC1. The Kier molecular flexibility index (Phi) is 3.48. The fourth-order valence-corrected chi connectivity index (χ4v) is 3.65. The molecule has 1 amide bonds. The van der Waals surface area contributed by atoms with E-state index >= 15 is 0 Å². The molecule has 0 aromatic carbocycles. The number of carboxylic acids is 1. The molecule has 3 unspecified atom stereocenters. The Hall–Kier alpha value is -1.10. The summed E-state index contributed by atoms with van der Waals surface area (Å²) in [5, 5.41) is 15.4. The molecule has 2 heterocycles. The van der Waals surface area contributed by atoms with E-state index in [1.54, 1.807) is 0 Å². The van der Waals surface area contributed by atoms with Gasteiger partial charge >= 0.3 is 5.97 Å². The minimum atomic E-state index is -0.888. The molecule has 0 radical (unpaired) electrons. The van der Waals surface area contributed by atoms with Crippen molar-refractivity contribution in [1.29, 1.82) is 0 Å². The second kappa shape index (κ2) is 5.12. The molecule has 5 heteroatoms. The highest BCUT2D eigenvalue weighted by molar-refractivity contribution is 5.84. The topological polar surface area (TPSA) is 78.4 Å². The third-order valence-electron chi connectivity index (χ3n) is 4.72. The van der Waals surface area contributed by atoms with Gasteiger partial charge in [-0.2, -0.15) is 0 Å². The number of nitrogens with one attached hydrogen (secondary N) is 2. The van der Waals surface area contributed by atoms with Crippen molar-refractivity contribution >= 4 is 11.9 Å². The summed E-state index contributed by atoms with van der Waals surface area (Å²) in [5.74, 6) is -0.384. The number of hydrogen-bond acceptors (Lipinski definition) is 3. The molecule has 2 saturated heterocycles. The maximum absolute atomic E-state index is 12.0. The zero-order chi connectivity index (χ0) is 13.4. The van der Waals surface area contributed by atoms with Gasteiger partial charge in [0.2, 0.25) is 5.91 Å². The molecule has 3 atom stereocenters. The Bertz CT molecular complexity index is 369. The van der Waals surface area contributed by atoms with Crippen molar-refractivity contribution in [3.63, 3.8) is 0 Å². The molecular formula is C14H22N2O3. The van der Waals surface area contributed by atoms with E-state index in [1.165, 1.54) is 12.8 Å². The van der Waals surface area contributed by atoms with Gasteiger partial charge in [-0.15, -0.1) is 0 Å². The zero-order valence-electron chi connectivity index (χ0n) is 11.1. The highest BCUT2D eigenvalue weighted by atomic mass is 16.4. The molecule has 5 nitrogen and oxygen atoms in total. The van der Waals surface area contributed by atoms with Crippen molar-refractivity contribution in [2.45, 2.75) is 63.1 Å². The quantitative estimate of drug-likeness (QED) is 0.690. The Morgan fingerprint density at radius 1 is 1.16 bits per heavy atom. The van der Waals surface area contributed by atoms with Crippen LogP contribution in [0.5, 0.6) is 0 Å². The first-order chi connectivity index (χ1) is 9.11. The van der Waals surface area contributed by atoms with E-state index in [0.29, 0.717) is 24.4 Å². The van der Waals surface area contributed by atoms with Crippen LogP contribution in [0.15, 0.2) is 0 Å². The number of carbonyl (C=O) groups excluding carboxylic acids is 1. The third kappa shape index (κ3) is 3.08. The van der Waals surface area contributed by atoms with Crippen LogP contribution < -0.4 is 10.6 Å². The average Bonchev–Trinajstić information content (AvgIpc) is 3.12. The summed E-state index contributed by atoms with van der Waals surface area (Å²) >= 11 is 0. The van der Waals surface area contributed by atoms with E-state index in [4.69, 9.17) is 5.11 Å². The number of aliphatic carboxylic acids is 1. The molecule has 1 aliphatic carbocycles. The Morgan fingerprint density at radius 2 is 1.79 bits per heavy atom. The molecule has 106 valence electrons. The summed E-state index contributed by atoms with van der Waals surface area (Å²) in [4.78, 5) is 23.1. The van der Waals surface area contributed by atoms with Gasteiger partial charge in [0.05, 0.1) is 0 Å². The van der Waals surface area contributed by atoms with Crippen LogP contribution in [0.3, 0.4) is 0 Å². The second-order valence-corrected chi connectivity index (χ2v) is 6.40. The highest BCUT2D eigenvalue weighted by Crippen LogP contribution is 2.34. The summed E-state index contributed by atoms with van der Waals surface area (Å²) in [5.41, 5.74) is 0. The lowest BCUT2D eigenvalue weighted by Crippen LogP contribution is -2.44. The lowest BCUT2D eigenvalue weighted by Gasteiger charge is -2.29. The minimum Gasteiger partial charge on any atom is -0.480 e. The summed E-state index contributed by atoms with van der Waals surface area (Å²) in [6, 6.07) is 0.497. The van der Waals surface area contributed by atoms with E-state index in [2.05, 4.69) is 10.6 Å². The van der Waals surface area contributed by atoms with E-state index in [0.717, 1.165) is 25.7 Å². The number of carboxylic acid groups (broad SMARTS) is 1. The van der Waals surface area contributed by atoms with Crippen LogP contribution in [0.1, 0.15) is 44.9 Å². The van der Waals surface area contributed by atoms with Gasteiger partial charge in [0.15, 0.2) is 0 Å². The molecule has 2 aliphatic heterocycles. The van der Waals surface area contributed by atoms with Crippen molar-refractivity contribution in [2.75, 3.05) is 0 Å². The Labute approximate surface area is 113 Å². The number of fused-ring (bicyclic) bond motifs is 2. The Morgan fingerprint density at radius 3 is 2.32 bits per heavy atom. The van der Waals surface area contributed by atoms with Gasteiger partial charge < -0.3 is 15.7 Å². The molecule has 3 rings (SSSR count). The van der Waals surface area contributed by atoms with Crippen LogP contribution in [0.2, 0.25) is 0 Å². The molecule has 1 saturated carbocycles. The third-order valence-corrected chi connectivity index (χ3v) is 4.72. The van der Waals surface area contributed by atoms with Crippen LogP contribution in [-0.4, -0.2) is 35.1 Å². The monoisotopic (exact) mass is 266 g/mol. The van der Waals surface area contributed by atoms with Gasteiger partial charge in [-0.05, 0) is 50.4 Å². The van der Waals surface area contributed by atoms with E-state index in [9.17, 15) is 9.59 Å². The molecule has 19 heavy (non-hydrogen) atoms. The Balaban J connectivity index is 1.49. The normalized spacial score (nSPS) is 34.8. The van der Waals surface area contributed by atoms with Gasteiger partial charge in [-0.1, -0.05) is 0 Å². The lowest BCUT2D eigenvalue weighted by molar-refractivity contribution is -0.142. The molecule has 0 aromatic heterocycles. The standard InChI is InChI=1S/C14H22N2O3/c17-12(16-13(14(18)19)9-1-2-9)7-8-5-10-3-4-11(6-8)15-10/h8-11,13,15H,1-7H2,(H,16,17)(H,18,19). The fraction of sp³-hybridized carbons (Fsp3) is 0.857. The molecular weight excluding hydrogens is 244 g/mol. The maximum atomic E-state index is 12.0. The predicted octanol–water partition coefficient (Wildman–Crippen LogP) is 0.886. The van der Waals surface area contributed by atoms with Crippen LogP contribution in [0.4, 0.5) is 0 Å². The molecule has 3 aliphatic rings. The zero-order valence-corrected chi connectivity index (χ0v) is 11.1. The maximum Gasteiger partial charge on any atom is 0.326 e.